The Kier molecular flexibility index (Phi) is 6.04. The first-order valence-corrected chi connectivity index (χ1v) is 11.4. The number of rotatable bonds is 5. The molecule has 32 heavy (non-hydrogen) atoms. The van der Waals surface area contributed by atoms with Gasteiger partial charge in [-0.2, -0.15) is 0 Å². The number of anilines is 3. The molecule has 1 fully saturated rings. The highest BCUT2D eigenvalue weighted by molar-refractivity contribution is 6.31. The van der Waals surface area contributed by atoms with Crippen LogP contribution in [0, 0.1) is 0 Å². The van der Waals surface area contributed by atoms with Crippen molar-refractivity contribution in [3.05, 3.63) is 89.3 Å². The lowest BCUT2D eigenvalue weighted by atomic mass is 10.1. The van der Waals surface area contributed by atoms with Crippen LogP contribution < -0.4 is 10.2 Å². The van der Waals surface area contributed by atoms with Crippen molar-refractivity contribution < 1.29 is 0 Å². The highest BCUT2D eigenvalue weighted by Gasteiger charge is 2.11. The zero-order valence-electron chi connectivity index (χ0n) is 17.8. The summed E-state index contributed by atoms with van der Waals surface area (Å²) < 4.78 is 0. The molecule has 2 aromatic heterocycles. The van der Waals surface area contributed by atoms with Crippen molar-refractivity contribution in [1.29, 1.82) is 0 Å². The molecule has 0 aliphatic carbocycles. The molecule has 3 heterocycles. The first-order valence-electron chi connectivity index (χ1n) is 11.1. The van der Waals surface area contributed by atoms with E-state index in [0.717, 1.165) is 46.6 Å². The van der Waals surface area contributed by atoms with E-state index in [1.807, 2.05) is 42.5 Å². The molecule has 0 saturated carbocycles. The standard InChI is InChI=1S/C27H25ClN4/c28-21-5-11-26-25(18-21)27(19-23(31-26)6-4-20-12-14-29-15-13-20)30-22-7-9-24(10-8-22)32-16-2-1-3-17-32/h4-15,18-19H,1-3,16-17H2,(H,30,31)/b6-4+. The van der Waals surface area contributed by atoms with Crippen LogP contribution in [0.5, 0.6) is 0 Å². The zero-order chi connectivity index (χ0) is 21.8. The van der Waals surface area contributed by atoms with Crippen LogP contribution in [0.25, 0.3) is 23.1 Å². The third kappa shape index (κ3) is 4.76. The Morgan fingerprint density at radius 2 is 1.62 bits per heavy atom. The quantitative estimate of drug-likeness (QED) is 0.356. The van der Waals surface area contributed by atoms with E-state index >= 15 is 0 Å². The Bertz CT molecular complexity index is 1230. The first kappa shape index (κ1) is 20.5. The van der Waals surface area contributed by atoms with Gasteiger partial charge in [-0.05, 0) is 91.6 Å². The SMILES string of the molecule is Clc1ccc2nc(/C=C/c3ccncc3)cc(Nc3ccc(N4CCCCC4)cc3)c2c1. The maximum Gasteiger partial charge on any atom is 0.0731 e. The summed E-state index contributed by atoms with van der Waals surface area (Å²) in [4.78, 5) is 11.3. The number of hydrogen-bond acceptors (Lipinski definition) is 4. The van der Waals surface area contributed by atoms with E-state index in [2.05, 4.69) is 45.5 Å². The van der Waals surface area contributed by atoms with Crippen LogP contribution in [0.4, 0.5) is 17.1 Å². The fraction of sp³-hybridized carbons (Fsp3) is 0.185. The van der Waals surface area contributed by atoms with Gasteiger partial charge >= 0.3 is 0 Å². The average molecular weight is 441 g/mol. The monoisotopic (exact) mass is 440 g/mol. The number of nitrogens with zero attached hydrogens (tertiary/aromatic N) is 3. The van der Waals surface area contributed by atoms with Gasteiger partial charge in [0.25, 0.3) is 0 Å². The van der Waals surface area contributed by atoms with Gasteiger partial charge in [-0.15, -0.1) is 0 Å². The van der Waals surface area contributed by atoms with Crippen molar-refractivity contribution >= 4 is 51.7 Å². The zero-order valence-corrected chi connectivity index (χ0v) is 18.6. The summed E-state index contributed by atoms with van der Waals surface area (Å²) in [5, 5.41) is 5.28. The largest absolute Gasteiger partial charge is 0.372 e. The van der Waals surface area contributed by atoms with Gasteiger partial charge in [0.05, 0.1) is 16.9 Å². The van der Waals surface area contributed by atoms with Crippen LogP contribution in [0.2, 0.25) is 5.02 Å². The van der Waals surface area contributed by atoms with Crippen molar-refractivity contribution in [2.45, 2.75) is 19.3 Å². The maximum absolute atomic E-state index is 6.30. The Hall–Kier alpha value is -3.37. The minimum Gasteiger partial charge on any atom is -0.372 e. The molecule has 2 aromatic carbocycles. The first-order chi connectivity index (χ1) is 15.7. The third-order valence-electron chi connectivity index (χ3n) is 5.81. The van der Waals surface area contributed by atoms with Crippen LogP contribution in [0.15, 0.2) is 73.1 Å². The summed E-state index contributed by atoms with van der Waals surface area (Å²) in [6.07, 6.45) is 11.5. The molecule has 1 N–H and O–H groups in total. The molecule has 0 spiro atoms. The van der Waals surface area contributed by atoms with Crippen LogP contribution in [0.3, 0.4) is 0 Å². The third-order valence-corrected chi connectivity index (χ3v) is 6.05. The maximum atomic E-state index is 6.30. The molecule has 0 atom stereocenters. The van der Waals surface area contributed by atoms with E-state index in [-0.39, 0.29) is 0 Å². The second kappa shape index (κ2) is 9.41. The summed E-state index contributed by atoms with van der Waals surface area (Å²) in [5.41, 5.74) is 6.18. The lowest BCUT2D eigenvalue weighted by Gasteiger charge is -2.28. The number of aromatic nitrogens is 2. The van der Waals surface area contributed by atoms with Gasteiger partial charge in [-0.25, -0.2) is 4.98 Å². The molecule has 0 radical (unpaired) electrons. The molecule has 4 aromatic rings. The number of piperidine rings is 1. The van der Waals surface area contributed by atoms with Crippen LogP contribution in [0.1, 0.15) is 30.5 Å². The number of pyridine rings is 2. The number of nitrogens with one attached hydrogen (secondary N) is 1. The molecule has 1 aliphatic rings. The topological polar surface area (TPSA) is 41.1 Å². The Balaban J connectivity index is 1.45. The number of fused-ring (bicyclic) bond motifs is 1. The molecule has 4 nitrogen and oxygen atoms in total. The van der Waals surface area contributed by atoms with Gasteiger partial charge in [0, 0.05) is 47.3 Å². The molecular weight excluding hydrogens is 416 g/mol. The van der Waals surface area contributed by atoms with Crippen molar-refractivity contribution in [3.8, 4) is 0 Å². The molecule has 160 valence electrons. The van der Waals surface area contributed by atoms with Crippen molar-refractivity contribution in [2.75, 3.05) is 23.3 Å². The molecule has 0 amide bonds. The van der Waals surface area contributed by atoms with E-state index < -0.39 is 0 Å². The minimum atomic E-state index is 0.697. The summed E-state index contributed by atoms with van der Waals surface area (Å²) >= 11 is 6.30. The molecule has 1 saturated heterocycles. The van der Waals surface area contributed by atoms with Crippen LogP contribution >= 0.6 is 11.6 Å². The lowest BCUT2D eigenvalue weighted by Crippen LogP contribution is -2.29. The van der Waals surface area contributed by atoms with Gasteiger partial charge < -0.3 is 10.2 Å². The Labute approximate surface area is 193 Å². The number of benzene rings is 2. The number of halogens is 1. The van der Waals surface area contributed by atoms with Crippen LogP contribution in [-0.2, 0) is 0 Å². The van der Waals surface area contributed by atoms with E-state index in [1.165, 1.54) is 24.9 Å². The van der Waals surface area contributed by atoms with E-state index in [9.17, 15) is 0 Å². The van der Waals surface area contributed by atoms with Crippen molar-refractivity contribution in [3.63, 3.8) is 0 Å². The molecule has 5 heteroatoms. The Morgan fingerprint density at radius 3 is 2.41 bits per heavy atom. The number of hydrogen-bond donors (Lipinski definition) is 1. The fourth-order valence-electron chi connectivity index (χ4n) is 4.13. The molecule has 0 unspecified atom stereocenters. The van der Waals surface area contributed by atoms with Crippen molar-refractivity contribution in [2.24, 2.45) is 0 Å². The second-order valence-electron chi connectivity index (χ2n) is 8.09. The molecule has 0 bridgehead atoms. The summed E-state index contributed by atoms with van der Waals surface area (Å²) in [6.45, 7) is 2.29. The summed E-state index contributed by atoms with van der Waals surface area (Å²) in [5.74, 6) is 0. The predicted octanol–water partition coefficient (Wildman–Crippen LogP) is 7.19. The normalized spacial score (nSPS) is 14.2. The molecular formula is C27H25ClN4. The summed E-state index contributed by atoms with van der Waals surface area (Å²) in [6, 6.07) is 20.5. The van der Waals surface area contributed by atoms with Crippen molar-refractivity contribution in [1.82, 2.24) is 9.97 Å². The van der Waals surface area contributed by atoms with Gasteiger partial charge in [-0.3, -0.25) is 4.98 Å². The van der Waals surface area contributed by atoms with Gasteiger partial charge in [0.2, 0.25) is 0 Å². The van der Waals surface area contributed by atoms with Gasteiger partial charge in [0.1, 0.15) is 0 Å². The van der Waals surface area contributed by atoms with Gasteiger partial charge in [-0.1, -0.05) is 17.7 Å². The molecule has 1 aliphatic heterocycles. The van der Waals surface area contributed by atoms with E-state index in [0.29, 0.717) is 5.02 Å². The van der Waals surface area contributed by atoms with E-state index in [1.54, 1.807) is 12.4 Å². The van der Waals surface area contributed by atoms with E-state index in [4.69, 9.17) is 16.6 Å². The summed E-state index contributed by atoms with van der Waals surface area (Å²) in [7, 11) is 0. The Morgan fingerprint density at radius 1 is 0.844 bits per heavy atom. The fourth-order valence-corrected chi connectivity index (χ4v) is 4.30. The average Bonchev–Trinajstić information content (AvgIpc) is 2.85. The minimum absolute atomic E-state index is 0.697. The lowest BCUT2D eigenvalue weighted by molar-refractivity contribution is 0.578. The van der Waals surface area contributed by atoms with Gasteiger partial charge in [0.15, 0.2) is 0 Å². The smallest absolute Gasteiger partial charge is 0.0731 e. The second-order valence-corrected chi connectivity index (χ2v) is 8.53. The van der Waals surface area contributed by atoms with Crippen LogP contribution in [-0.4, -0.2) is 23.1 Å². The highest BCUT2D eigenvalue weighted by Crippen LogP contribution is 2.30. The highest BCUT2D eigenvalue weighted by atomic mass is 35.5. The predicted molar refractivity (Wildman–Crippen MR) is 136 cm³/mol. The molecule has 5 rings (SSSR count).